The van der Waals surface area contributed by atoms with Gasteiger partial charge in [-0.05, 0) is 17.9 Å². The smallest absolute Gasteiger partial charge is 0.0539 e. The first-order valence-corrected chi connectivity index (χ1v) is 7.77. The monoisotopic (exact) mass is 290 g/mol. The van der Waals surface area contributed by atoms with Crippen LogP contribution in [0.1, 0.15) is 18.1 Å². The summed E-state index contributed by atoms with van der Waals surface area (Å²) in [6.45, 7) is 3.56. The second-order valence-corrected chi connectivity index (χ2v) is 6.08. The standard InChI is InChI=1S/C15H22N4S/c1-4-20-15-7-5-6-14(13(15)8-16)18(2)10-12-9-17-19(3)11-12/h5-7,9,11H,4,8,10,16H2,1-3H3. The van der Waals surface area contributed by atoms with Gasteiger partial charge in [0.05, 0.1) is 6.20 Å². The highest BCUT2D eigenvalue weighted by molar-refractivity contribution is 7.99. The molecule has 0 aliphatic heterocycles. The Balaban J connectivity index is 2.24. The van der Waals surface area contributed by atoms with E-state index < -0.39 is 0 Å². The van der Waals surface area contributed by atoms with E-state index >= 15 is 0 Å². The Hall–Kier alpha value is -1.46. The topological polar surface area (TPSA) is 47.1 Å². The van der Waals surface area contributed by atoms with E-state index in [4.69, 9.17) is 5.73 Å². The lowest BCUT2D eigenvalue weighted by atomic mass is 10.1. The summed E-state index contributed by atoms with van der Waals surface area (Å²) in [5.74, 6) is 1.06. The summed E-state index contributed by atoms with van der Waals surface area (Å²) in [6.07, 6.45) is 3.95. The molecule has 0 bridgehead atoms. The van der Waals surface area contributed by atoms with E-state index in [9.17, 15) is 0 Å². The predicted octanol–water partition coefficient (Wildman–Crippen LogP) is 2.63. The Bertz CT molecular complexity index is 565. The molecule has 1 heterocycles. The van der Waals surface area contributed by atoms with Gasteiger partial charge in [0.1, 0.15) is 0 Å². The quantitative estimate of drug-likeness (QED) is 0.831. The molecule has 5 heteroatoms. The zero-order chi connectivity index (χ0) is 14.5. The van der Waals surface area contributed by atoms with Crippen molar-refractivity contribution in [3.8, 4) is 0 Å². The average Bonchev–Trinajstić information content (AvgIpc) is 2.84. The van der Waals surface area contributed by atoms with Crippen molar-refractivity contribution in [1.29, 1.82) is 0 Å². The Morgan fingerprint density at radius 3 is 2.80 bits per heavy atom. The van der Waals surface area contributed by atoms with Gasteiger partial charge in [0.25, 0.3) is 0 Å². The third-order valence-corrected chi connectivity index (χ3v) is 4.18. The van der Waals surface area contributed by atoms with Gasteiger partial charge in [-0.2, -0.15) is 5.10 Å². The molecule has 2 aromatic rings. The van der Waals surface area contributed by atoms with Crippen molar-refractivity contribution in [1.82, 2.24) is 9.78 Å². The Morgan fingerprint density at radius 1 is 1.40 bits per heavy atom. The summed E-state index contributed by atoms with van der Waals surface area (Å²) >= 11 is 1.85. The lowest BCUT2D eigenvalue weighted by Crippen LogP contribution is -2.19. The molecular weight excluding hydrogens is 268 g/mol. The summed E-state index contributed by atoms with van der Waals surface area (Å²) in [7, 11) is 4.04. The van der Waals surface area contributed by atoms with E-state index in [0.717, 1.165) is 12.3 Å². The van der Waals surface area contributed by atoms with Gasteiger partial charge in [0.2, 0.25) is 0 Å². The number of benzene rings is 1. The van der Waals surface area contributed by atoms with Crippen LogP contribution in [-0.2, 0) is 20.1 Å². The van der Waals surface area contributed by atoms with Crippen molar-refractivity contribution < 1.29 is 0 Å². The van der Waals surface area contributed by atoms with Crippen LogP contribution in [0.15, 0.2) is 35.5 Å². The highest BCUT2D eigenvalue weighted by Crippen LogP contribution is 2.30. The molecule has 0 amide bonds. The van der Waals surface area contributed by atoms with Gasteiger partial charge in [-0.1, -0.05) is 13.0 Å². The van der Waals surface area contributed by atoms with Gasteiger partial charge >= 0.3 is 0 Å². The normalized spacial score (nSPS) is 10.8. The molecule has 2 rings (SSSR count). The van der Waals surface area contributed by atoms with Crippen LogP contribution < -0.4 is 10.6 Å². The van der Waals surface area contributed by atoms with E-state index in [0.29, 0.717) is 6.54 Å². The van der Waals surface area contributed by atoms with Crippen LogP contribution in [0, 0.1) is 0 Å². The molecule has 0 radical (unpaired) electrons. The number of nitrogens with zero attached hydrogens (tertiary/aromatic N) is 3. The summed E-state index contributed by atoms with van der Waals surface area (Å²) in [5, 5.41) is 4.21. The SMILES string of the molecule is CCSc1cccc(N(C)Cc2cnn(C)c2)c1CN. The van der Waals surface area contributed by atoms with Crippen molar-refractivity contribution in [2.24, 2.45) is 12.8 Å². The van der Waals surface area contributed by atoms with Crippen LogP contribution in [0.25, 0.3) is 0 Å². The lowest BCUT2D eigenvalue weighted by molar-refractivity contribution is 0.766. The van der Waals surface area contributed by atoms with Crippen molar-refractivity contribution in [2.75, 3.05) is 17.7 Å². The van der Waals surface area contributed by atoms with E-state index in [1.165, 1.54) is 21.7 Å². The zero-order valence-corrected chi connectivity index (χ0v) is 13.2. The second-order valence-electron chi connectivity index (χ2n) is 4.77. The van der Waals surface area contributed by atoms with Crippen LogP contribution in [0.5, 0.6) is 0 Å². The fourth-order valence-electron chi connectivity index (χ4n) is 2.32. The van der Waals surface area contributed by atoms with E-state index in [1.807, 2.05) is 35.9 Å². The van der Waals surface area contributed by atoms with Crippen LogP contribution in [0.2, 0.25) is 0 Å². The zero-order valence-electron chi connectivity index (χ0n) is 12.3. The van der Waals surface area contributed by atoms with Crippen molar-refractivity contribution in [3.63, 3.8) is 0 Å². The molecule has 0 aliphatic carbocycles. The summed E-state index contributed by atoms with van der Waals surface area (Å²) in [5.41, 5.74) is 9.59. The fraction of sp³-hybridized carbons (Fsp3) is 0.400. The minimum absolute atomic E-state index is 0.565. The fourth-order valence-corrected chi connectivity index (χ4v) is 3.17. The molecule has 108 valence electrons. The van der Waals surface area contributed by atoms with Crippen LogP contribution in [0.3, 0.4) is 0 Å². The summed E-state index contributed by atoms with van der Waals surface area (Å²) < 4.78 is 1.83. The van der Waals surface area contributed by atoms with E-state index in [2.05, 4.69) is 42.2 Å². The maximum atomic E-state index is 5.96. The molecule has 1 aromatic carbocycles. The molecule has 0 unspecified atom stereocenters. The van der Waals surface area contributed by atoms with E-state index in [1.54, 1.807) is 0 Å². The van der Waals surface area contributed by atoms with Gasteiger partial charge in [0.15, 0.2) is 0 Å². The molecule has 0 spiro atoms. The van der Waals surface area contributed by atoms with Crippen molar-refractivity contribution >= 4 is 17.4 Å². The number of hydrogen-bond donors (Lipinski definition) is 1. The van der Waals surface area contributed by atoms with Gasteiger partial charge in [-0.3, -0.25) is 4.68 Å². The molecule has 0 saturated carbocycles. The Morgan fingerprint density at radius 2 is 2.20 bits per heavy atom. The van der Waals surface area contributed by atoms with E-state index in [-0.39, 0.29) is 0 Å². The Kier molecular flexibility index (Phi) is 5.09. The van der Waals surface area contributed by atoms with Gasteiger partial charge < -0.3 is 10.6 Å². The third kappa shape index (κ3) is 3.35. The molecule has 1 aromatic heterocycles. The first kappa shape index (κ1) is 14.9. The van der Waals surface area contributed by atoms with Crippen molar-refractivity contribution in [3.05, 3.63) is 41.7 Å². The molecule has 0 saturated heterocycles. The number of rotatable bonds is 6. The molecule has 4 nitrogen and oxygen atoms in total. The van der Waals surface area contributed by atoms with Crippen LogP contribution in [0.4, 0.5) is 5.69 Å². The molecule has 2 N–H and O–H groups in total. The largest absolute Gasteiger partial charge is 0.370 e. The molecule has 0 fully saturated rings. The highest BCUT2D eigenvalue weighted by atomic mass is 32.2. The number of aromatic nitrogens is 2. The predicted molar refractivity (Wildman–Crippen MR) is 86.0 cm³/mol. The minimum Gasteiger partial charge on any atom is -0.370 e. The molecule has 20 heavy (non-hydrogen) atoms. The van der Waals surface area contributed by atoms with Crippen molar-refractivity contribution in [2.45, 2.75) is 24.9 Å². The first-order chi connectivity index (χ1) is 9.65. The molecule has 0 aliphatic rings. The Labute approximate surface area is 125 Å². The number of aryl methyl sites for hydroxylation is 1. The number of nitrogens with two attached hydrogens (primary N) is 1. The average molecular weight is 290 g/mol. The number of anilines is 1. The maximum absolute atomic E-state index is 5.96. The second kappa shape index (κ2) is 6.81. The van der Waals surface area contributed by atoms with Gasteiger partial charge in [-0.15, -0.1) is 11.8 Å². The number of thioether (sulfide) groups is 1. The maximum Gasteiger partial charge on any atom is 0.0539 e. The molecule has 0 atom stereocenters. The summed E-state index contributed by atoms with van der Waals surface area (Å²) in [4.78, 5) is 3.52. The van der Waals surface area contributed by atoms with Crippen LogP contribution in [-0.4, -0.2) is 22.6 Å². The lowest BCUT2D eigenvalue weighted by Gasteiger charge is -2.23. The first-order valence-electron chi connectivity index (χ1n) is 6.79. The number of hydrogen-bond acceptors (Lipinski definition) is 4. The minimum atomic E-state index is 0.565. The van der Waals surface area contributed by atoms with Crippen LogP contribution >= 0.6 is 11.8 Å². The van der Waals surface area contributed by atoms with Gasteiger partial charge in [0, 0.05) is 55.1 Å². The molecular formula is C15H22N4S. The summed E-state index contributed by atoms with van der Waals surface area (Å²) in [6, 6.07) is 6.39. The van der Waals surface area contributed by atoms with Gasteiger partial charge in [-0.25, -0.2) is 0 Å². The highest BCUT2D eigenvalue weighted by Gasteiger charge is 2.11. The third-order valence-electron chi connectivity index (χ3n) is 3.20.